The molecule has 1 rings (SSSR count). The summed E-state index contributed by atoms with van der Waals surface area (Å²) in [4.78, 5) is 17.9. The van der Waals surface area contributed by atoms with E-state index in [1.807, 2.05) is 18.4 Å². The lowest BCUT2D eigenvalue weighted by Gasteiger charge is -2.18. The van der Waals surface area contributed by atoms with E-state index in [-0.39, 0.29) is 12.2 Å². The number of rotatable bonds is 12. The quantitative estimate of drug-likeness (QED) is 0.287. The number of unbranched alkanes of at least 4 members (excludes halogenated alkanes) is 1. The molecular formula is C17H28NO5PS. The molecule has 1 atom stereocenters. The van der Waals surface area contributed by atoms with E-state index in [2.05, 4.69) is 6.58 Å². The summed E-state index contributed by atoms with van der Waals surface area (Å²) >= 11 is 1.72. The first-order chi connectivity index (χ1) is 11.8. The van der Waals surface area contributed by atoms with Gasteiger partial charge in [0.25, 0.3) is 0 Å². The van der Waals surface area contributed by atoms with Crippen molar-refractivity contribution in [2.24, 2.45) is 5.73 Å². The van der Waals surface area contributed by atoms with Gasteiger partial charge < -0.3 is 25.0 Å². The van der Waals surface area contributed by atoms with Gasteiger partial charge in [-0.2, -0.15) is 11.8 Å². The maximum absolute atomic E-state index is 10.9. The van der Waals surface area contributed by atoms with Crippen molar-refractivity contribution in [1.29, 1.82) is 0 Å². The van der Waals surface area contributed by atoms with Crippen LogP contribution in [0.2, 0.25) is 0 Å². The molecule has 0 saturated heterocycles. The summed E-state index contributed by atoms with van der Waals surface area (Å²) in [5.74, 6) is 2.80. The molecule has 8 heteroatoms. The van der Waals surface area contributed by atoms with E-state index in [9.17, 15) is 4.57 Å². The molecule has 1 aromatic rings. The lowest BCUT2D eigenvalue weighted by molar-refractivity contribution is 0.370. The Morgan fingerprint density at radius 3 is 2.72 bits per heavy atom. The molecule has 0 aliphatic carbocycles. The van der Waals surface area contributed by atoms with Crippen molar-refractivity contribution in [1.82, 2.24) is 0 Å². The molecule has 0 amide bonds. The fourth-order valence-electron chi connectivity index (χ4n) is 2.23. The fraction of sp³-hybridized carbons (Fsp3) is 0.529. The zero-order valence-electron chi connectivity index (χ0n) is 14.8. The Morgan fingerprint density at radius 1 is 1.40 bits per heavy atom. The second-order valence-electron chi connectivity index (χ2n) is 5.78. The molecule has 0 radical (unpaired) electrons. The summed E-state index contributed by atoms with van der Waals surface area (Å²) < 4.78 is 22.0. The van der Waals surface area contributed by atoms with Gasteiger partial charge in [0.15, 0.2) is 0 Å². The van der Waals surface area contributed by atoms with Crippen LogP contribution >= 0.6 is 19.4 Å². The van der Waals surface area contributed by atoms with E-state index < -0.39 is 7.60 Å². The predicted molar refractivity (Wildman–Crippen MR) is 104 cm³/mol. The van der Waals surface area contributed by atoms with Crippen molar-refractivity contribution in [3.05, 3.63) is 36.1 Å². The van der Waals surface area contributed by atoms with Gasteiger partial charge in [0.2, 0.25) is 0 Å². The molecular weight excluding hydrogens is 361 g/mol. The van der Waals surface area contributed by atoms with Crippen LogP contribution in [0, 0.1) is 0 Å². The highest BCUT2D eigenvalue weighted by atomic mass is 32.2. The number of methoxy groups -OCH3 is 1. The van der Waals surface area contributed by atoms with Gasteiger partial charge in [0, 0.05) is 6.16 Å². The number of ether oxygens (including phenoxy) is 2. The van der Waals surface area contributed by atoms with Crippen molar-refractivity contribution in [3.8, 4) is 11.5 Å². The molecule has 0 aliphatic rings. The topological polar surface area (TPSA) is 102 Å². The van der Waals surface area contributed by atoms with Crippen molar-refractivity contribution in [2.45, 2.75) is 31.7 Å². The predicted octanol–water partition coefficient (Wildman–Crippen LogP) is 3.17. The normalized spacial score (nSPS) is 12.7. The minimum atomic E-state index is -3.95. The van der Waals surface area contributed by atoms with E-state index in [1.165, 1.54) is 0 Å². The lowest BCUT2D eigenvalue weighted by Crippen LogP contribution is -2.26. The van der Waals surface area contributed by atoms with Crippen molar-refractivity contribution < 1.29 is 23.8 Å². The van der Waals surface area contributed by atoms with Crippen LogP contribution in [0.15, 0.2) is 30.5 Å². The highest BCUT2D eigenvalue weighted by Gasteiger charge is 2.14. The van der Waals surface area contributed by atoms with E-state index in [0.29, 0.717) is 36.5 Å². The van der Waals surface area contributed by atoms with Gasteiger partial charge in [-0.3, -0.25) is 4.57 Å². The Labute approximate surface area is 153 Å². The van der Waals surface area contributed by atoms with Crippen LogP contribution in [0.5, 0.6) is 11.5 Å². The lowest BCUT2D eigenvalue weighted by atomic mass is 10.1. The Bertz CT molecular complexity index is 605. The van der Waals surface area contributed by atoms with Gasteiger partial charge in [0.1, 0.15) is 17.3 Å². The highest BCUT2D eigenvalue weighted by Crippen LogP contribution is 2.36. The van der Waals surface area contributed by atoms with Crippen LogP contribution in [0.25, 0.3) is 0 Å². The maximum Gasteiger partial charge on any atom is 0.325 e. The molecule has 0 aromatic heterocycles. The Morgan fingerprint density at radius 2 is 2.12 bits per heavy atom. The molecule has 0 bridgehead atoms. The number of nitrogens with two attached hydrogens (primary N) is 1. The average Bonchev–Trinajstić information content (AvgIpc) is 2.56. The van der Waals surface area contributed by atoms with Crippen LogP contribution in [0.1, 0.15) is 24.8 Å². The molecule has 0 unspecified atom stereocenters. The fourth-order valence-corrected chi connectivity index (χ4v) is 3.36. The SMILES string of the molecule is C=C(Oc1ccc(OC)cc1CCCCP(=O)(O)O)[C@@H](N)CCSC. The molecule has 142 valence electrons. The van der Waals surface area contributed by atoms with E-state index in [1.54, 1.807) is 24.9 Å². The first-order valence-corrected chi connectivity index (χ1v) is 11.3. The Balaban J connectivity index is 2.74. The van der Waals surface area contributed by atoms with E-state index in [0.717, 1.165) is 17.7 Å². The Kier molecular flexibility index (Phi) is 9.61. The first kappa shape index (κ1) is 22.1. The maximum atomic E-state index is 10.9. The van der Waals surface area contributed by atoms with Crippen LogP contribution < -0.4 is 15.2 Å². The minimum absolute atomic E-state index is 0.112. The summed E-state index contributed by atoms with van der Waals surface area (Å²) in [7, 11) is -2.36. The number of thioether (sulfide) groups is 1. The highest BCUT2D eigenvalue weighted by molar-refractivity contribution is 7.98. The summed E-state index contributed by atoms with van der Waals surface area (Å²) in [6, 6.07) is 5.24. The zero-order valence-corrected chi connectivity index (χ0v) is 16.5. The molecule has 4 N–H and O–H groups in total. The third kappa shape index (κ3) is 8.79. The number of aryl methyl sites for hydroxylation is 1. The summed E-state index contributed by atoms with van der Waals surface area (Å²) in [5.41, 5.74) is 6.98. The van der Waals surface area contributed by atoms with Crippen LogP contribution in [0.3, 0.4) is 0 Å². The molecule has 0 aliphatic heterocycles. The van der Waals surface area contributed by atoms with Gasteiger partial charge >= 0.3 is 7.60 Å². The molecule has 0 saturated carbocycles. The van der Waals surface area contributed by atoms with Gasteiger partial charge in [0.05, 0.1) is 13.2 Å². The summed E-state index contributed by atoms with van der Waals surface area (Å²) in [6.07, 6.45) is 4.40. The summed E-state index contributed by atoms with van der Waals surface area (Å²) in [5, 5.41) is 0. The van der Waals surface area contributed by atoms with Gasteiger partial charge in [-0.05, 0) is 61.5 Å². The van der Waals surface area contributed by atoms with Crippen LogP contribution in [0.4, 0.5) is 0 Å². The van der Waals surface area contributed by atoms with Gasteiger partial charge in [-0.25, -0.2) is 0 Å². The molecule has 1 aromatic carbocycles. The van der Waals surface area contributed by atoms with Crippen molar-refractivity contribution >= 4 is 19.4 Å². The molecule has 0 heterocycles. The van der Waals surface area contributed by atoms with Crippen molar-refractivity contribution in [3.63, 3.8) is 0 Å². The molecule has 0 fully saturated rings. The average molecular weight is 389 g/mol. The van der Waals surface area contributed by atoms with E-state index >= 15 is 0 Å². The minimum Gasteiger partial charge on any atom is -0.497 e. The number of hydrogen-bond acceptors (Lipinski definition) is 5. The zero-order chi connectivity index (χ0) is 18.9. The molecule has 0 spiro atoms. The molecule has 6 nitrogen and oxygen atoms in total. The van der Waals surface area contributed by atoms with E-state index in [4.69, 9.17) is 25.0 Å². The molecule has 25 heavy (non-hydrogen) atoms. The second kappa shape index (κ2) is 10.9. The second-order valence-corrected chi connectivity index (χ2v) is 8.54. The van der Waals surface area contributed by atoms with Gasteiger partial charge in [-0.15, -0.1) is 0 Å². The summed E-state index contributed by atoms with van der Waals surface area (Å²) in [6.45, 7) is 3.92. The monoisotopic (exact) mass is 389 g/mol. The smallest absolute Gasteiger partial charge is 0.325 e. The third-order valence-corrected chi connectivity index (χ3v) is 5.24. The van der Waals surface area contributed by atoms with Crippen LogP contribution in [-0.4, -0.2) is 41.1 Å². The van der Waals surface area contributed by atoms with Crippen LogP contribution in [-0.2, 0) is 11.0 Å². The van der Waals surface area contributed by atoms with Crippen molar-refractivity contribution in [2.75, 3.05) is 25.3 Å². The number of hydrogen-bond donors (Lipinski definition) is 3. The number of benzene rings is 1. The largest absolute Gasteiger partial charge is 0.497 e. The Hall–Kier alpha value is -0.980. The third-order valence-electron chi connectivity index (χ3n) is 3.70. The first-order valence-electron chi connectivity index (χ1n) is 8.09. The van der Waals surface area contributed by atoms with Gasteiger partial charge in [-0.1, -0.05) is 6.58 Å². The standard InChI is InChI=1S/C17H28NO5PS/c1-13(16(18)9-11-25-3)23-17-8-7-15(22-2)12-14(17)6-4-5-10-24(19,20)21/h7-8,12,16H,1,4-6,9-11,18H2,2-3H3,(H2,19,20,21)/t16-/m0/s1.